The van der Waals surface area contributed by atoms with Crippen LogP contribution < -0.4 is 0 Å². The molecule has 0 N–H and O–H groups in total. The van der Waals surface area contributed by atoms with E-state index < -0.39 is 10.2 Å². The highest BCUT2D eigenvalue weighted by molar-refractivity contribution is 7.86. The van der Waals surface area contributed by atoms with Gasteiger partial charge >= 0.3 is 10.2 Å². The van der Waals surface area contributed by atoms with E-state index in [1.54, 1.807) is 25.1 Å². The van der Waals surface area contributed by atoms with Crippen LogP contribution in [0.15, 0.2) is 23.2 Å². The standard InChI is InChI=1S/C11H11FN2O2S/c1-7-3-2-4-9-13-10(8-5-6-8)11(14(7)9)17(12,15)16/h2-4,8H,5-6H2,1H3. The molecule has 90 valence electrons. The van der Waals surface area contributed by atoms with Crippen LogP contribution >= 0.6 is 0 Å². The molecule has 2 aromatic heterocycles. The predicted molar refractivity (Wildman–Crippen MR) is 60.2 cm³/mol. The van der Waals surface area contributed by atoms with Crippen LogP contribution in [0.1, 0.15) is 30.1 Å². The molecule has 0 saturated heterocycles. The maximum Gasteiger partial charge on any atom is 0.350 e. The van der Waals surface area contributed by atoms with E-state index in [9.17, 15) is 12.3 Å². The largest absolute Gasteiger partial charge is 0.350 e. The molecule has 1 aliphatic carbocycles. The average Bonchev–Trinajstić information content (AvgIpc) is 2.97. The Morgan fingerprint density at radius 2 is 2.12 bits per heavy atom. The van der Waals surface area contributed by atoms with E-state index in [1.807, 2.05) is 0 Å². The summed E-state index contributed by atoms with van der Waals surface area (Å²) in [5.41, 5.74) is 1.53. The number of rotatable bonds is 2. The highest BCUT2D eigenvalue weighted by Crippen LogP contribution is 2.43. The van der Waals surface area contributed by atoms with Crippen LogP contribution in [0.5, 0.6) is 0 Å². The normalized spacial score (nSPS) is 16.6. The molecule has 17 heavy (non-hydrogen) atoms. The van der Waals surface area contributed by atoms with Gasteiger partial charge in [-0.1, -0.05) is 9.95 Å². The second-order valence-corrected chi connectivity index (χ2v) is 5.64. The third-order valence-electron chi connectivity index (χ3n) is 3.02. The first-order chi connectivity index (χ1) is 7.98. The summed E-state index contributed by atoms with van der Waals surface area (Å²) in [6, 6.07) is 5.20. The zero-order valence-corrected chi connectivity index (χ0v) is 10.0. The molecule has 0 bridgehead atoms. The Morgan fingerprint density at radius 3 is 2.71 bits per heavy atom. The van der Waals surface area contributed by atoms with Crippen LogP contribution in [0.2, 0.25) is 0 Å². The minimum Gasteiger partial charge on any atom is -0.285 e. The molecule has 3 rings (SSSR count). The predicted octanol–water partition coefficient (Wildman–Crippen LogP) is 2.18. The highest BCUT2D eigenvalue weighted by atomic mass is 32.3. The molecule has 0 atom stereocenters. The van der Waals surface area contributed by atoms with Crippen molar-refractivity contribution in [3.05, 3.63) is 29.6 Å². The van der Waals surface area contributed by atoms with Crippen molar-refractivity contribution in [1.29, 1.82) is 0 Å². The second-order valence-electron chi connectivity index (χ2n) is 4.38. The number of fused-ring (bicyclic) bond motifs is 1. The minimum atomic E-state index is -4.74. The summed E-state index contributed by atoms with van der Waals surface area (Å²) in [4.78, 5) is 4.25. The first kappa shape index (κ1) is 10.7. The third-order valence-corrected chi connectivity index (χ3v) is 3.87. The SMILES string of the molecule is Cc1cccc2nc(C3CC3)c(S(=O)(=O)F)n12. The summed E-state index contributed by atoms with van der Waals surface area (Å²) in [6.07, 6.45) is 1.76. The number of halogens is 1. The summed E-state index contributed by atoms with van der Waals surface area (Å²) in [7, 11) is -4.74. The molecule has 4 nitrogen and oxygen atoms in total. The van der Waals surface area contributed by atoms with E-state index >= 15 is 0 Å². The Bertz CT molecular complexity index is 702. The maximum atomic E-state index is 13.4. The van der Waals surface area contributed by atoms with Gasteiger partial charge in [0.2, 0.25) is 0 Å². The van der Waals surface area contributed by atoms with Crippen LogP contribution in [0, 0.1) is 6.92 Å². The Labute approximate surface area is 98.3 Å². The summed E-state index contributed by atoms with van der Waals surface area (Å²) >= 11 is 0. The Kier molecular flexibility index (Phi) is 2.07. The van der Waals surface area contributed by atoms with Gasteiger partial charge in [-0.3, -0.25) is 4.40 Å². The lowest BCUT2D eigenvalue weighted by atomic mass is 10.3. The van der Waals surface area contributed by atoms with Crippen molar-refractivity contribution in [2.45, 2.75) is 30.7 Å². The number of nitrogens with zero attached hydrogens (tertiary/aromatic N) is 2. The molecular formula is C11H11FN2O2S. The van der Waals surface area contributed by atoms with Gasteiger partial charge in [0.05, 0.1) is 5.69 Å². The Balaban J connectivity index is 2.45. The van der Waals surface area contributed by atoms with Gasteiger partial charge in [-0.2, -0.15) is 8.42 Å². The zero-order chi connectivity index (χ0) is 12.2. The first-order valence-corrected chi connectivity index (χ1v) is 6.79. The summed E-state index contributed by atoms with van der Waals surface area (Å²) in [5.74, 6) is 0.0924. The fourth-order valence-corrected chi connectivity index (χ4v) is 3.01. The molecular weight excluding hydrogens is 243 g/mol. The van der Waals surface area contributed by atoms with Crippen molar-refractivity contribution >= 4 is 15.9 Å². The zero-order valence-electron chi connectivity index (χ0n) is 9.22. The van der Waals surface area contributed by atoms with Gasteiger partial charge in [-0.25, -0.2) is 4.98 Å². The first-order valence-electron chi connectivity index (χ1n) is 5.41. The Morgan fingerprint density at radius 1 is 1.41 bits per heavy atom. The topological polar surface area (TPSA) is 51.4 Å². The molecule has 0 aromatic carbocycles. The summed E-state index contributed by atoms with van der Waals surface area (Å²) in [5, 5.41) is -0.284. The second kappa shape index (κ2) is 3.29. The van der Waals surface area contributed by atoms with Gasteiger partial charge < -0.3 is 0 Å². The van der Waals surface area contributed by atoms with Crippen molar-refractivity contribution in [1.82, 2.24) is 9.38 Å². The van der Waals surface area contributed by atoms with E-state index in [-0.39, 0.29) is 10.9 Å². The van der Waals surface area contributed by atoms with Crippen molar-refractivity contribution < 1.29 is 12.3 Å². The lowest BCUT2D eigenvalue weighted by Gasteiger charge is -2.02. The lowest BCUT2D eigenvalue weighted by molar-refractivity contribution is 0.544. The fraction of sp³-hybridized carbons (Fsp3) is 0.364. The van der Waals surface area contributed by atoms with E-state index in [0.717, 1.165) is 12.8 Å². The molecule has 1 saturated carbocycles. The van der Waals surface area contributed by atoms with Crippen molar-refractivity contribution in [3.63, 3.8) is 0 Å². The van der Waals surface area contributed by atoms with E-state index in [2.05, 4.69) is 4.98 Å². The van der Waals surface area contributed by atoms with Gasteiger partial charge in [-0.15, -0.1) is 0 Å². The minimum absolute atomic E-state index is 0.0924. The highest BCUT2D eigenvalue weighted by Gasteiger charge is 2.35. The van der Waals surface area contributed by atoms with Gasteiger partial charge in [0.1, 0.15) is 5.65 Å². The van der Waals surface area contributed by atoms with Gasteiger partial charge in [0, 0.05) is 11.6 Å². The fourth-order valence-electron chi connectivity index (χ4n) is 2.10. The van der Waals surface area contributed by atoms with Gasteiger partial charge in [-0.05, 0) is 31.9 Å². The molecule has 6 heteroatoms. The average molecular weight is 254 g/mol. The molecule has 0 amide bonds. The number of aryl methyl sites for hydroxylation is 1. The van der Waals surface area contributed by atoms with Crippen molar-refractivity contribution in [2.24, 2.45) is 0 Å². The number of hydrogen-bond acceptors (Lipinski definition) is 3. The molecule has 0 spiro atoms. The lowest BCUT2D eigenvalue weighted by Crippen LogP contribution is -2.03. The number of hydrogen-bond donors (Lipinski definition) is 0. The van der Waals surface area contributed by atoms with E-state index in [1.165, 1.54) is 4.40 Å². The smallest absolute Gasteiger partial charge is 0.285 e. The quantitative estimate of drug-likeness (QED) is 0.772. The molecule has 1 aliphatic rings. The van der Waals surface area contributed by atoms with Crippen LogP contribution in [0.3, 0.4) is 0 Å². The van der Waals surface area contributed by atoms with Gasteiger partial charge in [0.25, 0.3) is 0 Å². The maximum absolute atomic E-state index is 13.4. The van der Waals surface area contributed by atoms with Crippen LogP contribution in [-0.2, 0) is 10.2 Å². The Hall–Kier alpha value is -1.43. The molecule has 0 unspecified atom stereocenters. The third kappa shape index (κ3) is 1.63. The van der Waals surface area contributed by atoms with E-state index in [4.69, 9.17) is 0 Å². The monoisotopic (exact) mass is 254 g/mol. The number of imidazole rings is 1. The molecule has 0 aliphatic heterocycles. The number of pyridine rings is 1. The van der Waals surface area contributed by atoms with Crippen molar-refractivity contribution in [2.75, 3.05) is 0 Å². The summed E-state index contributed by atoms with van der Waals surface area (Å²) < 4.78 is 37.4. The molecule has 2 aromatic rings. The van der Waals surface area contributed by atoms with E-state index in [0.29, 0.717) is 17.0 Å². The van der Waals surface area contributed by atoms with Crippen LogP contribution in [0.4, 0.5) is 3.89 Å². The molecule has 0 radical (unpaired) electrons. The van der Waals surface area contributed by atoms with Crippen molar-refractivity contribution in [3.8, 4) is 0 Å². The van der Waals surface area contributed by atoms with Crippen LogP contribution in [-0.4, -0.2) is 17.8 Å². The summed E-state index contributed by atoms with van der Waals surface area (Å²) in [6.45, 7) is 1.74. The van der Waals surface area contributed by atoms with Crippen LogP contribution in [0.25, 0.3) is 5.65 Å². The van der Waals surface area contributed by atoms with Gasteiger partial charge in [0.15, 0.2) is 5.03 Å². The molecule has 1 fully saturated rings. The molecule has 2 heterocycles. The number of aromatic nitrogens is 2.